The summed E-state index contributed by atoms with van der Waals surface area (Å²) in [5, 5.41) is 13.0. The average Bonchev–Trinajstić information content (AvgIpc) is 2.79. The molecule has 0 radical (unpaired) electrons. The number of nitrogens with one attached hydrogen (secondary N) is 1. The molecule has 3 nitrogen and oxygen atoms in total. The lowest BCUT2D eigenvalue weighted by atomic mass is 10.2. The van der Waals surface area contributed by atoms with Gasteiger partial charge in [-0.2, -0.15) is 5.26 Å². The fraction of sp³-hybridized carbons (Fsp3) is 0.455. The Kier molecular flexibility index (Phi) is 5.61. The molecule has 1 aliphatic heterocycles. The van der Waals surface area contributed by atoms with E-state index in [2.05, 4.69) is 16.4 Å². The van der Waals surface area contributed by atoms with Crippen molar-refractivity contribution in [3.8, 4) is 6.07 Å². The molecule has 1 aromatic rings. The summed E-state index contributed by atoms with van der Waals surface area (Å²) in [4.78, 5) is 4.24. The molecule has 0 saturated carbocycles. The van der Waals surface area contributed by atoms with Gasteiger partial charge in [-0.3, -0.25) is 0 Å². The van der Waals surface area contributed by atoms with E-state index in [1.54, 1.807) is 24.0 Å². The van der Waals surface area contributed by atoms with E-state index in [-0.39, 0.29) is 12.4 Å². The number of hydrogen-bond donors (Lipinski definition) is 1. The molecule has 1 fully saturated rings. The third-order valence-corrected chi connectivity index (χ3v) is 3.65. The molecule has 1 aliphatic rings. The second-order valence-corrected chi connectivity index (χ2v) is 4.70. The zero-order valence-corrected chi connectivity index (χ0v) is 10.5. The Bertz CT molecular complexity index is 372. The maximum absolute atomic E-state index is 8.74. The second kappa shape index (κ2) is 6.74. The van der Waals surface area contributed by atoms with Crippen LogP contribution in [-0.2, 0) is 0 Å². The summed E-state index contributed by atoms with van der Waals surface area (Å²) < 4.78 is 0. The normalized spacial score (nSPS) is 18.8. The Balaban J connectivity index is 0.00000128. The highest BCUT2D eigenvalue weighted by atomic mass is 35.5. The summed E-state index contributed by atoms with van der Waals surface area (Å²) in [6.07, 6.45) is 2.96. The van der Waals surface area contributed by atoms with Crippen LogP contribution in [0.25, 0.3) is 0 Å². The van der Waals surface area contributed by atoms with Crippen molar-refractivity contribution < 1.29 is 0 Å². The standard InChI is InChI=1S/C11H13N3S.ClH/c12-6-9-2-4-14-11(5-9)15-8-10-1-3-13-7-10;/h2,4-5,10,13H,1,3,7-8H2;1H. The predicted molar refractivity (Wildman–Crippen MR) is 67.9 cm³/mol. The van der Waals surface area contributed by atoms with Crippen LogP contribution in [0.15, 0.2) is 23.4 Å². The Labute approximate surface area is 106 Å². The van der Waals surface area contributed by atoms with Crippen LogP contribution >= 0.6 is 24.2 Å². The van der Waals surface area contributed by atoms with Crippen LogP contribution < -0.4 is 5.32 Å². The minimum absolute atomic E-state index is 0. The molecule has 5 heteroatoms. The highest BCUT2D eigenvalue weighted by Crippen LogP contribution is 2.21. The van der Waals surface area contributed by atoms with E-state index in [1.807, 2.05) is 6.07 Å². The topological polar surface area (TPSA) is 48.7 Å². The number of aromatic nitrogens is 1. The van der Waals surface area contributed by atoms with Crippen molar-refractivity contribution in [2.24, 2.45) is 5.92 Å². The summed E-state index contributed by atoms with van der Waals surface area (Å²) in [5.74, 6) is 1.84. The monoisotopic (exact) mass is 255 g/mol. The van der Waals surface area contributed by atoms with Gasteiger partial charge in [-0.05, 0) is 37.6 Å². The van der Waals surface area contributed by atoms with Gasteiger partial charge in [0, 0.05) is 11.9 Å². The van der Waals surface area contributed by atoms with E-state index in [9.17, 15) is 0 Å². The second-order valence-electron chi connectivity index (χ2n) is 3.66. The van der Waals surface area contributed by atoms with Gasteiger partial charge in [0.05, 0.1) is 16.7 Å². The van der Waals surface area contributed by atoms with Gasteiger partial charge < -0.3 is 5.32 Å². The van der Waals surface area contributed by atoms with Crippen LogP contribution in [0.2, 0.25) is 0 Å². The molecule has 1 aromatic heterocycles. The molecule has 2 heterocycles. The minimum atomic E-state index is 0. The Morgan fingerprint density at radius 1 is 1.62 bits per heavy atom. The van der Waals surface area contributed by atoms with Gasteiger partial charge in [-0.25, -0.2) is 4.98 Å². The van der Waals surface area contributed by atoms with Gasteiger partial charge in [0.1, 0.15) is 0 Å². The van der Waals surface area contributed by atoms with Crippen LogP contribution in [0, 0.1) is 17.2 Å². The van der Waals surface area contributed by atoms with Crippen molar-refractivity contribution in [3.63, 3.8) is 0 Å². The molecule has 0 aromatic carbocycles. The minimum Gasteiger partial charge on any atom is -0.316 e. The summed E-state index contributed by atoms with van der Waals surface area (Å²) in [7, 11) is 0. The van der Waals surface area contributed by atoms with Crippen LogP contribution in [0.4, 0.5) is 0 Å². The van der Waals surface area contributed by atoms with Gasteiger partial charge in [0.2, 0.25) is 0 Å². The third kappa shape index (κ3) is 3.67. The lowest BCUT2D eigenvalue weighted by Gasteiger charge is -2.06. The maximum Gasteiger partial charge on any atom is 0.0993 e. The van der Waals surface area contributed by atoms with Crippen molar-refractivity contribution in [1.82, 2.24) is 10.3 Å². The molecule has 0 aliphatic carbocycles. The van der Waals surface area contributed by atoms with E-state index >= 15 is 0 Å². The number of thioether (sulfide) groups is 1. The zero-order chi connectivity index (χ0) is 10.5. The number of hydrogen-bond acceptors (Lipinski definition) is 4. The van der Waals surface area contributed by atoms with Gasteiger partial charge in [-0.15, -0.1) is 24.2 Å². The summed E-state index contributed by atoms with van der Waals surface area (Å²) in [5.41, 5.74) is 0.692. The van der Waals surface area contributed by atoms with Crippen molar-refractivity contribution in [1.29, 1.82) is 5.26 Å². The molecule has 1 unspecified atom stereocenters. The number of nitriles is 1. The van der Waals surface area contributed by atoms with Gasteiger partial charge in [-0.1, -0.05) is 0 Å². The van der Waals surface area contributed by atoms with Crippen molar-refractivity contribution >= 4 is 24.2 Å². The zero-order valence-electron chi connectivity index (χ0n) is 8.85. The van der Waals surface area contributed by atoms with E-state index in [4.69, 9.17) is 5.26 Å². The molecule has 1 atom stereocenters. The molecular formula is C11H14ClN3S. The van der Waals surface area contributed by atoms with Crippen LogP contribution in [0.1, 0.15) is 12.0 Å². The summed E-state index contributed by atoms with van der Waals surface area (Å²) >= 11 is 1.74. The number of halogens is 1. The van der Waals surface area contributed by atoms with Crippen molar-refractivity contribution in [3.05, 3.63) is 23.9 Å². The largest absolute Gasteiger partial charge is 0.316 e. The molecule has 0 spiro atoms. The van der Waals surface area contributed by atoms with Gasteiger partial charge >= 0.3 is 0 Å². The van der Waals surface area contributed by atoms with Gasteiger partial charge in [0.25, 0.3) is 0 Å². The number of pyridine rings is 1. The molecule has 0 bridgehead atoms. The SMILES string of the molecule is Cl.N#Cc1ccnc(SCC2CCNC2)c1. The molecular weight excluding hydrogens is 242 g/mol. The fourth-order valence-electron chi connectivity index (χ4n) is 1.62. The highest BCUT2D eigenvalue weighted by Gasteiger charge is 2.14. The first-order chi connectivity index (χ1) is 7.38. The Morgan fingerprint density at radius 2 is 2.50 bits per heavy atom. The maximum atomic E-state index is 8.74. The van der Waals surface area contributed by atoms with Crippen molar-refractivity contribution in [2.75, 3.05) is 18.8 Å². The van der Waals surface area contributed by atoms with Crippen molar-refractivity contribution in [2.45, 2.75) is 11.4 Å². The molecule has 16 heavy (non-hydrogen) atoms. The Morgan fingerprint density at radius 3 is 3.19 bits per heavy atom. The lowest BCUT2D eigenvalue weighted by Crippen LogP contribution is -2.10. The molecule has 1 N–H and O–H groups in total. The van der Waals surface area contributed by atoms with Crippen LogP contribution in [0.3, 0.4) is 0 Å². The highest BCUT2D eigenvalue weighted by molar-refractivity contribution is 7.99. The van der Waals surface area contributed by atoms with E-state index in [1.165, 1.54) is 6.42 Å². The first-order valence-corrected chi connectivity index (χ1v) is 6.07. The summed E-state index contributed by atoms with van der Waals surface area (Å²) in [6.45, 7) is 2.25. The predicted octanol–water partition coefficient (Wildman–Crippen LogP) is 2.08. The smallest absolute Gasteiger partial charge is 0.0993 e. The molecule has 2 rings (SSSR count). The third-order valence-electron chi connectivity index (χ3n) is 2.49. The van der Waals surface area contributed by atoms with E-state index in [0.29, 0.717) is 5.56 Å². The average molecular weight is 256 g/mol. The van der Waals surface area contributed by atoms with Gasteiger partial charge in [0.15, 0.2) is 0 Å². The van der Waals surface area contributed by atoms with Crippen LogP contribution in [-0.4, -0.2) is 23.8 Å². The number of rotatable bonds is 3. The molecule has 1 saturated heterocycles. The fourth-order valence-corrected chi connectivity index (χ4v) is 2.65. The van der Waals surface area contributed by atoms with E-state index < -0.39 is 0 Å². The first-order valence-electron chi connectivity index (χ1n) is 5.08. The van der Waals surface area contributed by atoms with E-state index in [0.717, 1.165) is 29.8 Å². The molecule has 86 valence electrons. The summed E-state index contributed by atoms with van der Waals surface area (Å²) in [6, 6.07) is 5.72. The molecule has 0 amide bonds. The first kappa shape index (κ1) is 13.3. The lowest BCUT2D eigenvalue weighted by molar-refractivity contribution is 0.662. The van der Waals surface area contributed by atoms with Crippen LogP contribution in [0.5, 0.6) is 0 Å². The number of nitrogens with zero attached hydrogens (tertiary/aromatic N) is 2. The Hall–Kier alpha value is -0.760. The quantitative estimate of drug-likeness (QED) is 0.841.